The van der Waals surface area contributed by atoms with Gasteiger partial charge in [0.05, 0.1) is 18.1 Å². The highest BCUT2D eigenvalue weighted by Gasteiger charge is 2.95. The van der Waals surface area contributed by atoms with E-state index in [4.69, 9.17) is 23.7 Å². The molecule has 0 amide bonds. The van der Waals surface area contributed by atoms with Crippen molar-refractivity contribution >= 4 is 11.9 Å². The van der Waals surface area contributed by atoms with Gasteiger partial charge in [0.2, 0.25) is 0 Å². The van der Waals surface area contributed by atoms with Crippen LogP contribution in [-0.4, -0.2) is 89.3 Å². The van der Waals surface area contributed by atoms with Crippen molar-refractivity contribution in [2.45, 2.75) is 68.4 Å². The maximum Gasteiger partial charge on any atom is 0.338 e. The molecule has 5 rings (SSSR count). The van der Waals surface area contributed by atoms with E-state index in [0.29, 0.717) is 0 Å². The largest absolute Gasteiger partial charge is 0.498 e. The summed E-state index contributed by atoms with van der Waals surface area (Å²) in [5, 5.41) is 33.5. The summed E-state index contributed by atoms with van der Waals surface area (Å²) in [4.78, 5) is 25.9. The van der Waals surface area contributed by atoms with Gasteiger partial charge < -0.3 is 39.0 Å². The van der Waals surface area contributed by atoms with Crippen LogP contribution in [-0.2, 0) is 33.3 Å². The van der Waals surface area contributed by atoms with E-state index in [0.717, 1.165) is 0 Å². The third-order valence-corrected chi connectivity index (χ3v) is 8.64. The fourth-order valence-corrected chi connectivity index (χ4v) is 7.01. The highest BCUT2D eigenvalue weighted by Crippen LogP contribution is 2.76. The Morgan fingerprint density at radius 2 is 1.87 bits per heavy atom. The molecule has 2 bridgehead atoms. The summed E-state index contributed by atoms with van der Waals surface area (Å²) in [6, 6.07) is 0. The lowest BCUT2D eigenvalue weighted by atomic mass is 9.48. The number of hydrogen-bond acceptors (Lipinski definition) is 10. The van der Waals surface area contributed by atoms with Crippen molar-refractivity contribution in [2.75, 3.05) is 20.8 Å². The fourth-order valence-electron chi connectivity index (χ4n) is 7.01. The van der Waals surface area contributed by atoms with Gasteiger partial charge in [-0.2, -0.15) is 0 Å². The van der Waals surface area contributed by atoms with Gasteiger partial charge in [0.25, 0.3) is 0 Å². The van der Waals surface area contributed by atoms with Crippen LogP contribution in [0.2, 0.25) is 0 Å². The molecular formula is C21H28O10. The van der Waals surface area contributed by atoms with Crippen molar-refractivity contribution in [3.63, 3.8) is 0 Å². The molecule has 1 spiro atoms. The molecule has 10 nitrogen and oxygen atoms in total. The third kappa shape index (κ3) is 1.94. The van der Waals surface area contributed by atoms with Gasteiger partial charge in [-0.25, -0.2) is 4.79 Å². The van der Waals surface area contributed by atoms with Gasteiger partial charge in [-0.3, -0.25) is 4.79 Å². The molecule has 0 aromatic rings. The van der Waals surface area contributed by atoms with Gasteiger partial charge in [0.1, 0.15) is 47.8 Å². The van der Waals surface area contributed by atoms with Gasteiger partial charge in [0, 0.05) is 13.5 Å². The zero-order valence-electron chi connectivity index (χ0n) is 18.1. The van der Waals surface area contributed by atoms with Crippen LogP contribution in [0.1, 0.15) is 27.2 Å². The predicted octanol–water partition coefficient (Wildman–Crippen LogP) is -0.959. The zero-order chi connectivity index (χ0) is 22.7. The summed E-state index contributed by atoms with van der Waals surface area (Å²) in [6.07, 6.45) is -3.63. The molecule has 2 aliphatic carbocycles. The first-order valence-electron chi connectivity index (χ1n) is 10.4. The number of epoxide rings is 1. The molecule has 172 valence electrons. The van der Waals surface area contributed by atoms with E-state index in [1.54, 1.807) is 20.8 Å². The number of carbonyl (C=O) groups excluding carboxylic acids is 2. The molecule has 5 aliphatic rings. The van der Waals surface area contributed by atoms with Crippen LogP contribution in [0.3, 0.4) is 0 Å². The monoisotopic (exact) mass is 440 g/mol. The van der Waals surface area contributed by atoms with Crippen molar-refractivity contribution < 1.29 is 48.6 Å². The third-order valence-electron chi connectivity index (χ3n) is 8.64. The van der Waals surface area contributed by atoms with Gasteiger partial charge >= 0.3 is 11.9 Å². The first-order chi connectivity index (χ1) is 14.5. The van der Waals surface area contributed by atoms with E-state index in [9.17, 15) is 24.9 Å². The van der Waals surface area contributed by atoms with Gasteiger partial charge in [-0.15, -0.1) is 0 Å². The number of carbonyl (C=O) groups is 2. The number of hydrogen-bond donors (Lipinski definition) is 3. The first kappa shape index (κ1) is 21.1. The van der Waals surface area contributed by atoms with Gasteiger partial charge in [-0.05, 0) is 5.92 Å². The van der Waals surface area contributed by atoms with Crippen LogP contribution >= 0.6 is 0 Å². The van der Waals surface area contributed by atoms with Gasteiger partial charge in [-0.1, -0.05) is 20.8 Å². The van der Waals surface area contributed by atoms with Crippen molar-refractivity contribution in [3.8, 4) is 0 Å². The molecule has 3 N–H and O–H groups in total. The Morgan fingerprint density at radius 3 is 2.42 bits per heavy atom. The van der Waals surface area contributed by atoms with Crippen molar-refractivity contribution in [3.05, 3.63) is 11.3 Å². The highest BCUT2D eigenvalue weighted by atomic mass is 16.7. The molecule has 3 heterocycles. The average molecular weight is 440 g/mol. The molecule has 3 saturated heterocycles. The molecule has 2 saturated carbocycles. The second-order valence-electron chi connectivity index (χ2n) is 9.71. The lowest BCUT2D eigenvalue weighted by Crippen LogP contribution is -2.78. The Kier molecular flexibility index (Phi) is 4.08. The van der Waals surface area contributed by atoms with Crippen molar-refractivity contribution in [1.82, 2.24) is 0 Å². The fraction of sp³-hybridized carbons (Fsp3) is 0.810. The van der Waals surface area contributed by atoms with Crippen LogP contribution in [0.25, 0.3) is 0 Å². The van der Waals surface area contributed by atoms with E-state index in [1.807, 2.05) is 0 Å². The van der Waals surface area contributed by atoms with Crippen molar-refractivity contribution in [2.24, 2.45) is 17.3 Å². The molecule has 0 radical (unpaired) electrons. The van der Waals surface area contributed by atoms with E-state index in [2.05, 4.69) is 0 Å². The number of methoxy groups -OCH3 is 2. The van der Waals surface area contributed by atoms with E-state index in [-0.39, 0.29) is 17.8 Å². The quantitative estimate of drug-likeness (QED) is 0.216. The number of ether oxygens (including phenoxy) is 5. The van der Waals surface area contributed by atoms with Crippen LogP contribution in [0.15, 0.2) is 11.3 Å². The maximum atomic E-state index is 13.0. The molecule has 10 heteroatoms. The first-order valence-corrected chi connectivity index (χ1v) is 10.4. The lowest BCUT2D eigenvalue weighted by Gasteiger charge is -2.60. The summed E-state index contributed by atoms with van der Waals surface area (Å²) in [7, 11) is 2.75. The second kappa shape index (κ2) is 5.99. The minimum absolute atomic E-state index is 0.0108. The Balaban J connectivity index is 1.73. The molecule has 0 aromatic carbocycles. The minimum Gasteiger partial charge on any atom is -0.498 e. The van der Waals surface area contributed by atoms with Crippen LogP contribution in [0.4, 0.5) is 0 Å². The molecule has 3 unspecified atom stereocenters. The Bertz CT molecular complexity index is 893. The average Bonchev–Trinajstić information content (AvgIpc) is 3.37. The standard InChI is InChI=1S/C21H28O10/c1-8(2)20(25)11-17(24)30-14(20)12(28-5)18(3)19(13-15(29-13)21(11,18)26)6-9(16(23)31-19)10(7-22)27-4/h8,11-15,22,25-26H,6-7H2,1-5H3/b10-9+/t11-,12-,13-,14-,15+,18?,19?,20-,21?/m1/s1. The maximum absolute atomic E-state index is 13.0. The minimum atomic E-state index is -1.91. The molecule has 3 aliphatic heterocycles. The summed E-state index contributed by atoms with van der Waals surface area (Å²) in [5.41, 5.74) is -6.21. The highest BCUT2D eigenvalue weighted by molar-refractivity contribution is 5.93. The van der Waals surface area contributed by atoms with Crippen molar-refractivity contribution in [1.29, 1.82) is 0 Å². The number of fused-ring (bicyclic) bond motifs is 8. The summed E-state index contributed by atoms with van der Waals surface area (Å²) in [6.45, 7) is 4.69. The number of esters is 2. The Labute approximate surface area is 179 Å². The number of aliphatic hydroxyl groups is 3. The molecule has 31 heavy (non-hydrogen) atoms. The topological polar surface area (TPSA) is 144 Å². The van der Waals surface area contributed by atoms with E-state index in [1.165, 1.54) is 14.2 Å². The van der Waals surface area contributed by atoms with Crippen LogP contribution in [0, 0.1) is 17.3 Å². The summed E-state index contributed by atoms with van der Waals surface area (Å²) >= 11 is 0. The van der Waals surface area contributed by atoms with E-state index >= 15 is 0 Å². The molecule has 5 fully saturated rings. The summed E-state index contributed by atoms with van der Waals surface area (Å²) < 4.78 is 28.3. The SMILES string of the molecule is CO/C(CO)=C1\CC2(OC1=O)[C@@H]1O[C@@H]1C1(O)[C@@H]3C(=O)O[C@H]([C@@H](OC)C21C)[C@@]3(O)C(C)C. The molecule has 9 atom stereocenters. The van der Waals surface area contributed by atoms with Crippen LogP contribution < -0.4 is 0 Å². The zero-order valence-corrected chi connectivity index (χ0v) is 18.1. The van der Waals surface area contributed by atoms with E-state index < -0.39 is 77.0 Å². The predicted molar refractivity (Wildman–Crippen MR) is 100 cm³/mol. The second-order valence-corrected chi connectivity index (χ2v) is 9.71. The number of rotatable bonds is 4. The lowest BCUT2D eigenvalue weighted by molar-refractivity contribution is -0.313. The normalized spacial score (nSPS) is 53.4. The van der Waals surface area contributed by atoms with Crippen LogP contribution in [0.5, 0.6) is 0 Å². The molecule has 0 aromatic heterocycles. The Hall–Kier alpha value is -1.72. The smallest absolute Gasteiger partial charge is 0.338 e. The van der Waals surface area contributed by atoms with Gasteiger partial charge in [0.15, 0.2) is 11.7 Å². The molecular weight excluding hydrogens is 412 g/mol. The Morgan fingerprint density at radius 1 is 1.19 bits per heavy atom. The number of aliphatic hydroxyl groups excluding tert-OH is 1. The summed E-state index contributed by atoms with van der Waals surface area (Å²) in [5.74, 6) is -3.09.